The van der Waals surface area contributed by atoms with Gasteiger partial charge >= 0.3 is 0 Å². The number of hydrogen-bond donors (Lipinski definition) is 1. The fraction of sp³-hybridized carbons (Fsp3) is 0.231. The fourth-order valence-corrected chi connectivity index (χ4v) is 1.41. The number of carbonyl (C=O) groups excluding carboxylic acids is 1. The SMILES string of the molecule is O=C(COc1ccccc1)NCCc1cocn1. The zero-order chi connectivity index (χ0) is 12.6. The van der Waals surface area contributed by atoms with Crippen LogP contribution in [0, 0.1) is 0 Å². The van der Waals surface area contributed by atoms with Crippen molar-refractivity contribution in [1.29, 1.82) is 0 Å². The largest absolute Gasteiger partial charge is 0.484 e. The van der Waals surface area contributed by atoms with Crippen LogP contribution in [-0.4, -0.2) is 24.0 Å². The van der Waals surface area contributed by atoms with Crippen LogP contribution >= 0.6 is 0 Å². The summed E-state index contributed by atoms with van der Waals surface area (Å²) in [6.45, 7) is 0.534. The maximum absolute atomic E-state index is 11.5. The molecular weight excluding hydrogens is 232 g/mol. The summed E-state index contributed by atoms with van der Waals surface area (Å²) in [6, 6.07) is 9.23. The number of amides is 1. The Balaban J connectivity index is 1.63. The molecular formula is C13H14N2O3. The minimum absolute atomic E-state index is 0.0167. The van der Waals surface area contributed by atoms with E-state index in [1.165, 1.54) is 6.39 Å². The van der Waals surface area contributed by atoms with Crippen molar-refractivity contribution in [2.24, 2.45) is 0 Å². The molecule has 18 heavy (non-hydrogen) atoms. The average Bonchev–Trinajstić information content (AvgIpc) is 2.91. The fourth-order valence-electron chi connectivity index (χ4n) is 1.41. The van der Waals surface area contributed by atoms with Crippen LogP contribution < -0.4 is 10.1 Å². The first-order chi connectivity index (χ1) is 8.84. The molecule has 0 saturated heterocycles. The van der Waals surface area contributed by atoms with Gasteiger partial charge in [-0.1, -0.05) is 18.2 Å². The summed E-state index contributed by atoms with van der Waals surface area (Å²) in [6.07, 6.45) is 3.58. The molecule has 0 bridgehead atoms. The number of nitrogens with one attached hydrogen (secondary N) is 1. The molecule has 0 unspecified atom stereocenters. The van der Waals surface area contributed by atoms with E-state index in [1.807, 2.05) is 30.3 Å². The number of benzene rings is 1. The van der Waals surface area contributed by atoms with E-state index in [0.29, 0.717) is 18.7 Å². The van der Waals surface area contributed by atoms with Gasteiger partial charge < -0.3 is 14.5 Å². The minimum atomic E-state index is -0.151. The second-order valence-corrected chi connectivity index (χ2v) is 3.68. The predicted octanol–water partition coefficient (Wildman–Crippen LogP) is 1.41. The van der Waals surface area contributed by atoms with Crippen LogP contribution in [0.15, 0.2) is 47.4 Å². The van der Waals surface area contributed by atoms with Gasteiger partial charge in [0.2, 0.25) is 0 Å². The lowest BCUT2D eigenvalue weighted by molar-refractivity contribution is -0.123. The first-order valence-corrected chi connectivity index (χ1v) is 5.66. The van der Waals surface area contributed by atoms with E-state index >= 15 is 0 Å². The van der Waals surface area contributed by atoms with Crippen molar-refractivity contribution in [1.82, 2.24) is 10.3 Å². The van der Waals surface area contributed by atoms with Crippen molar-refractivity contribution >= 4 is 5.91 Å². The number of ether oxygens (including phenoxy) is 1. The van der Waals surface area contributed by atoms with Crippen LogP contribution in [0.3, 0.4) is 0 Å². The molecule has 0 atom stereocenters. The third kappa shape index (κ3) is 3.93. The standard InChI is InChI=1S/C13H14N2O3/c16-13(9-18-12-4-2-1-3-5-12)14-7-6-11-8-17-10-15-11/h1-5,8,10H,6-7,9H2,(H,14,16). The Bertz CT molecular complexity index is 468. The van der Waals surface area contributed by atoms with Gasteiger partial charge in [-0.25, -0.2) is 4.98 Å². The van der Waals surface area contributed by atoms with Gasteiger partial charge in [0.25, 0.3) is 5.91 Å². The van der Waals surface area contributed by atoms with E-state index in [0.717, 1.165) is 5.69 Å². The molecule has 5 heteroatoms. The van der Waals surface area contributed by atoms with Gasteiger partial charge in [-0.15, -0.1) is 0 Å². The molecule has 0 radical (unpaired) electrons. The van der Waals surface area contributed by atoms with Gasteiger partial charge in [0.15, 0.2) is 13.0 Å². The van der Waals surface area contributed by atoms with E-state index in [-0.39, 0.29) is 12.5 Å². The molecule has 0 saturated carbocycles. The van der Waals surface area contributed by atoms with Crippen LogP contribution in [0.5, 0.6) is 5.75 Å². The monoisotopic (exact) mass is 246 g/mol. The van der Waals surface area contributed by atoms with Crippen LogP contribution in [0.1, 0.15) is 5.69 Å². The minimum Gasteiger partial charge on any atom is -0.484 e. The van der Waals surface area contributed by atoms with Crippen molar-refractivity contribution < 1.29 is 13.9 Å². The molecule has 0 spiro atoms. The molecule has 1 heterocycles. The molecule has 2 aromatic rings. The van der Waals surface area contributed by atoms with E-state index in [1.54, 1.807) is 6.26 Å². The molecule has 1 aromatic heterocycles. The summed E-state index contributed by atoms with van der Waals surface area (Å²) in [5.74, 6) is 0.534. The van der Waals surface area contributed by atoms with Crippen LogP contribution in [-0.2, 0) is 11.2 Å². The molecule has 0 aliphatic carbocycles. The number of para-hydroxylation sites is 1. The number of aromatic nitrogens is 1. The van der Waals surface area contributed by atoms with Crippen molar-refractivity contribution in [3.05, 3.63) is 48.7 Å². The average molecular weight is 246 g/mol. The highest BCUT2D eigenvalue weighted by Crippen LogP contribution is 2.07. The molecule has 1 N–H and O–H groups in total. The molecule has 2 rings (SSSR count). The van der Waals surface area contributed by atoms with Crippen molar-refractivity contribution in [2.75, 3.05) is 13.2 Å². The first kappa shape index (κ1) is 12.2. The summed E-state index contributed by atoms with van der Waals surface area (Å²) in [7, 11) is 0. The zero-order valence-electron chi connectivity index (χ0n) is 9.83. The molecule has 1 aromatic carbocycles. The number of oxazole rings is 1. The predicted molar refractivity (Wildman–Crippen MR) is 65.2 cm³/mol. The van der Waals surface area contributed by atoms with Crippen LogP contribution in [0.2, 0.25) is 0 Å². The Morgan fingerprint density at radius 2 is 2.17 bits per heavy atom. The first-order valence-electron chi connectivity index (χ1n) is 5.66. The van der Waals surface area contributed by atoms with Gasteiger partial charge in [-0.2, -0.15) is 0 Å². The summed E-state index contributed by atoms with van der Waals surface area (Å²) in [5.41, 5.74) is 0.819. The van der Waals surface area contributed by atoms with Crippen molar-refractivity contribution in [2.45, 2.75) is 6.42 Å². The summed E-state index contributed by atoms with van der Waals surface area (Å²) >= 11 is 0. The van der Waals surface area contributed by atoms with Crippen LogP contribution in [0.25, 0.3) is 0 Å². The number of carbonyl (C=O) groups is 1. The number of rotatable bonds is 6. The molecule has 5 nitrogen and oxygen atoms in total. The Labute approximate surface area is 105 Å². The molecule has 0 fully saturated rings. The van der Waals surface area contributed by atoms with E-state index in [4.69, 9.17) is 9.15 Å². The molecule has 0 aliphatic heterocycles. The van der Waals surface area contributed by atoms with Gasteiger partial charge in [-0.05, 0) is 12.1 Å². The van der Waals surface area contributed by atoms with Gasteiger partial charge in [0.05, 0.1) is 5.69 Å². The Morgan fingerprint density at radius 1 is 1.33 bits per heavy atom. The second-order valence-electron chi connectivity index (χ2n) is 3.68. The molecule has 94 valence electrons. The maximum atomic E-state index is 11.5. The highest BCUT2D eigenvalue weighted by Gasteiger charge is 2.02. The van der Waals surface area contributed by atoms with E-state index < -0.39 is 0 Å². The lowest BCUT2D eigenvalue weighted by Gasteiger charge is -2.06. The Hall–Kier alpha value is -2.30. The highest BCUT2D eigenvalue weighted by molar-refractivity contribution is 5.77. The lowest BCUT2D eigenvalue weighted by Crippen LogP contribution is -2.30. The third-order valence-corrected chi connectivity index (χ3v) is 2.30. The lowest BCUT2D eigenvalue weighted by atomic mass is 10.3. The quantitative estimate of drug-likeness (QED) is 0.837. The normalized spacial score (nSPS) is 10.0. The smallest absolute Gasteiger partial charge is 0.257 e. The van der Waals surface area contributed by atoms with E-state index in [2.05, 4.69) is 10.3 Å². The highest BCUT2D eigenvalue weighted by atomic mass is 16.5. The number of nitrogens with zero attached hydrogens (tertiary/aromatic N) is 1. The molecule has 0 aliphatic rings. The summed E-state index contributed by atoms with van der Waals surface area (Å²) in [5, 5.41) is 2.75. The van der Waals surface area contributed by atoms with E-state index in [9.17, 15) is 4.79 Å². The zero-order valence-corrected chi connectivity index (χ0v) is 9.83. The van der Waals surface area contributed by atoms with Crippen molar-refractivity contribution in [3.63, 3.8) is 0 Å². The molecule has 1 amide bonds. The topological polar surface area (TPSA) is 64.4 Å². The second kappa shape index (κ2) is 6.44. The van der Waals surface area contributed by atoms with Crippen LogP contribution in [0.4, 0.5) is 0 Å². The maximum Gasteiger partial charge on any atom is 0.257 e. The Kier molecular flexibility index (Phi) is 4.35. The van der Waals surface area contributed by atoms with Gasteiger partial charge in [-0.3, -0.25) is 4.79 Å². The number of hydrogen-bond acceptors (Lipinski definition) is 4. The van der Waals surface area contributed by atoms with Gasteiger partial charge in [0, 0.05) is 13.0 Å². The summed E-state index contributed by atoms with van der Waals surface area (Å²) < 4.78 is 10.1. The Morgan fingerprint density at radius 3 is 2.89 bits per heavy atom. The third-order valence-electron chi connectivity index (χ3n) is 2.30. The van der Waals surface area contributed by atoms with Gasteiger partial charge in [0.1, 0.15) is 12.0 Å². The summed E-state index contributed by atoms with van der Waals surface area (Å²) in [4.78, 5) is 15.4. The van der Waals surface area contributed by atoms with Crippen molar-refractivity contribution in [3.8, 4) is 5.75 Å².